The molecule has 1 aliphatic rings. The number of hydrogen-bond donors (Lipinski definition) is 1. The van der Waals surface area contributed by atoms with E-state index in [4.69, 9.17) is 14.8 Å². The molecule has 0 saturated carbocycles. The molecule has 1 aliphatic carbocycles. The van der Waals surface area contributed by atoms with E-state index in [-0.39, 0.29) is 22.5 Å². The van der Waals surface area contributed by atoms with E-state index in [0.717, 1.165) is 22.9 Å². The van der Waals surface area contributed by atoms with Gasteiger partial charge in [-0.3, -0.25) is 0 Å². The Labute approximate surface area is 165 Å². The minimum absolute atomic E-state index is 0.00854. The molecule has 0 bridgehead atoms. The van der Waals surface area contributed by atoms with E-state index < -0.39 is 5.97 Å². The zero-order chi connectivity index (χ0) is 20.0. The maximum absolute atomic E-state index is 11.1. The van der Waals surface area contributed by atoms with Crippen molar-refractivity contribution in [2.24, 2.45) is 0 Å². The van der Waals surface area contributed by atoms with Gasteiger partial charge in [-0.25, -0.2) is 9.78 Å². The summed E-state index contributed by atoms with van der Waals surface area (Å²) in [4.78, 5) is 19.4. The molecule has 1 unspecified atom stereocenters. The fourth-order valence-electron chi connectivity index (χ4n) is 3.72. The van der Waals surface area contributed by atoms with Crippen molar-refractivity contribution >= 4 is 28.1 Å². The van der Waals surface area contributed by atoms with Gasteiger partial charge in [-0.05, 0) is 37.6 Å². The van der Waals surface area contributed by atoms with E-state index in [1.54, 1.807) is 23.5 Å². The normalized spacial score (nSPS) is 20.1. The number of aromatic carboxylic acids is 1. The molecule has 1 aromatic heterocycles. The fraction of sp³-hybridized carbons (Fsp3) is 0.524. The smallest absolute Gasteiger partial charge is 0.335 e. The van der Waals surface area contributed by atoms with Crippen LogP contribution in [0.1, 0.15) is 62.0 Å². The average Bonchev–Trinajstić information content (AvgIpc) is 3.07. The Morgan fingerprint density at radius 3 is 2.48 bits per heavy atom. The Morgan fingerprint density at radius 1 is 1.30 bits per heavy atom. The van der Waals surface area contributed by atoms with Gasteiger partial charge < -0.3 is 14.7 Å². The standard InChI is InChI=1S/C21H28N2O3S/c1-7-26-15-12-20(2,3)17-16(21(15,4)5)22-19(27-17)23(6)14-10-8-13(9-11-14)18(24)25/h8-11,15H,7,12H2,1-6H3,(H,24,25). The highest BCUT2D eigenvalue weighted by Gasteiger charge is 2.47. The Bertz CT molecular complexity index is 840. The first-order valence-electron chi connectivity index (χ1n) is 9.28. The third kappa shape index (κ3) is 3.48. The monoisotopic (exact) mass is 388 g/mol. The summed E-state index contributed by atoms with van der Waals surface area (Å²) in [6.07, 6.45) is 1.11. The van der Waals surface area contributed by atoms with Crippen molar-refractivity contribution in [3.05, 3.63) is 40.4 Å². The molecule has 0 saturated heterocycles. The molecule has 146 valence electrons. The van der Waals surface area contributed by atoms with E-state index in [0.29, 0.717) is 6.61 Å². The molecule has 1 N–H and O–H groups in total. The summed E-state index contributed by atoms with van der Waals surface area (Å²) < 4.78 is 6.08. The molecular formula is C21H28N2O3S. The number of thiazole rings is 1. The molecule has 0 spiro atoms. The van der Waals surface area contributed by atoms with E-state index in [1.165, 1.54) is 4.88 Å². The number of fused-ring (bicyclic) bond motifs is 1. The quantitative estimate of drug-likeness (QED) is 0.783. The minimum Gasteiger partial charge on any atom is -0.478 e. The van der Waals surface area contributed by atoms with Crippen molar-refractivity contribution in [2.45, 2.75) is 58.0 Å². The van der Waals surface area contributed by atoms with Crippen LogP contribution in [0, 0.1) is 0 Å². The number of carboxylic acids is 1. The van der Waals surface area contributed by atoms with Crippen molar-refractivity contribution in [1.29, 1.82) is 0 Å². The van der Waals surface area contributed by atoms with Gasteiger partial charge in [-0.1, -0.05) is 27.7 Å². The van der Waals surface area contributed by atoms with Gasteiger partial charge in [0.25, 0.3) is 0 Å². The number of rotatable bonds is 5. The number of ether oxygens (including phenoxy) is 1. The second-order valence-electron chi connectivity index (χ2n) is 8.34. The zero-order valence-corrected chi connectivity index (χ0v) is 17.7. The summed E-state index contributed by atoms with van der Waals surface area (Å²) >= 11 is 1.72. The molecule has 0 aliphatic heterocycles. The maximum atomic E-state index is 11.1. The number of benzene rings is 1. The Kier molecular flexibility index (Phi) is 5.08. The van der Waals surface area contributed by atoms with Crippen molar-refractivity contribution in [3.8, 4) is 0 Å². The molecule has 6 heteroatoms. The van der Waals surface area contributed by atoms with Crippen LogP contribution in [-0.4, -0.2) is 35.8 Å². The Morgan fingerprint density at radius 2 is 1.93 bits per heavy atom. The number of aromatic nitrogens is 1. The van der Waals surface area contributed by atoms with Gasteiger partial charge in [0, 0.05) is 35.0 Å². The van der Waals surface area contributed by atoms with Crippen molar-refractivity contribution in [2.75, 3.05) is 18.6 Å². The van der Waals surface area contributed by atoms with E-state index >= 15 is 0 Å². The molecule has 1 heterocycles. The lowest BCUT2D eigenvalue weighted by molar-refractivity contribution is -0.0131. The summed E-state index contributed by atoms with van der Waals surface area (Å²) in [5, 5.41) is 10.0. The molecule has 5 nitrogen and oxygen atoms in total. The van der Waals surface area contributed by atoms with Crippen molar-refractivity contribution in [1.82, 2.24) is 4.98 Å². The molecule has 1 atom stereocenters. The number of carbonyl (C=O) groups is 1. The molecule has 1 aromatic carbocycles. The first kappa shape index (κ1) is 19.8. The largest absolute Gasteiger partial charge is 0.478 e. The average molecular weight is 389 g/mol. The molecule has 0 fully saturated rings. The highest BCUT2D eigenvalue weighted by Crippen LogP contribution is 2.51. The highest BCUT2D eigenvalue weighted by atomic mass is 32.1. The third-order valence-electron chi connectivity index (χ3n) is 5.50. The molecule has 3 rings (SSSR count). The third-order valence-corrected chi connectivity index (χ3v) is 7.00. The molecule has 2 aromatic rings. The molecule has 0 amide bonds. The van der Waals surface area contributed by atoms with Crippen molar-refractivity contribution in [3.63, 3.8) is 0 Å². The topological polar surface area (TPSA) is 62.7 Å². The van der Waals surface area contributed by atoms with Crippen LogP contribution in [0.3, 0.4) is 0 Å². The molecule has 27 heavy (non-hydrogen) atoms. The SMILES string of the molecule is CCOC1CC(C)(C)c2sc(N(C)c3ccc(C(=O)O)cc3)nc2C1(C)C. The molecular weight excluding hydrogens is 360 g/mol. The lowest BCUT2D eigenvalue weighted by Gasteiger charge is -2.44. The maximum Gasteiger partial charge on any atom is 0.335 e. The Balaban J connectivity index is 1.99. The van der Waals surface area contributed by atoms with Crippen LogP contribution in [0.15, 0.2) is 24.3 Å². The van der Waals surface area contributed by atoms with Crippen LogP contribution in [0.2, 0.25) is 0 Å². The van der Waals surface area contributed by atoms with Crippen LogP contribution < -0.4 is 4.90 Å². The lowest BCUT2D eigenvalue weighted by Crippen LogP contribution is -2.46. The number of nitrogens with zero attached hydrogens (tertiary/aromatic N) is 2. The zero-order valence-electron chi connectivity index (χ0n) is 16.9. The van der Waals surface area contributed by atoms with Crippen LogP contribution in [0.5, 0.6) is 0 Å². The van der Waals surface area contributed by atoms with Gasteiger partial charge in [0.1, 0.15) is 0 Å². The second kappa shape index (κ2) is 6.91. The van der Waals surface area contributed by atoms with E-state index in [1.807, 2.05) is 31.0 Å². The van der Waals surface area contributed by atoms with Crippen LogP contribution >= 0.6 is 11.3 Å². The summed E-state index contributed by atoms with van der Waals surface area (Å²) in [5.41, 5.74) is 2.18. The summed E-state index contributed by atoms with van der Waals surface area (Å²) in [6, 6.07) is 6.90. The summed E-state index contributed by atoms with van der Waals surface area (Å²) in [7, 11) is 1.97. The summed E-state index contributed by atoms with van der Waals surface area (Å²) in [5.74, 6) is -0.917. The van der Waals surface area contributed by atoms with E-state index in [9.17, 15) is 4.79 Å². The first-order valence-corrected chi connectivity index (χ1v) is 10.1. The predicted octanol–water partition coefficient (Wildman–Crippen LogP) is 4.97. The van der Waals surface area contributed by atoms with Gasteiger partial charge in [-0.15, -0.1) is 11.3 Å². The van der Waals surface area contributed by atoms with Gasteiger partial charge in [0.15, 0.2) is 5.13 Å². The first-order chi connectivity index (χ1) is 12.6. The van der Waals surface area contributed by atoms with E-state index in [2.05, 4.69) is 27.7 Å². The van der Waals surface area contributed by atoms with Gasteiger partial charge in [-0.2, -0.15) is 0 Å². The predicted molar refractivity (Wildman–Crippen MR) is 110 cm³/mol. The van der Waals surface area contributed by atoms with Crippen LogP contribution in [-0.2, 0) is 15.6 Å². The van der Waals surface area contributed by atoms with Crippen LogP contribution in [0.4, 0.5) is 10.8 Å². The minimum atomic E-state index is -0.917. The lowest BCUT2D eigenvalue weighted by atomic mass is 9.67. The summed E-state index contributed by atoms with van der Waals surface area (Å²) in [6.45, 7) is 11.7. The number of carboxylic acid groups (broad SMARTS) is 1. The number of hydrogen-bond acceptors (Lipinski definition) is 5. The van der Waals surface area contributed by atoms with Crippen molar-refractivity contribution < 1.29 is 14.6 Å². The van der Waals surface area contributed by atoms with Gasteiger partial charge in [0.2, 0.25) is 0 Å². The van der Waals surface area contributed by atoms with Crippen LogP contribution in [0.25, 0.3) is 0 Å². The molecule has 0 radical (unpaired) electrons. The Hall–Kier alpha value is -1.92. The highest BCUT2D eigenvalue weighted by molar-refractivity contribution is 7.16. The second-order valence-corrected chi connectivity index (χ2v) is 9.32. The van der Waals surface area contributed by atoms with Gasteiger partial charge in [0.05, 0.1) is 17.4 Å². The number of anilines is 2. The van der Waals surface area contributed by atoms with Gasteiger partial charge >= 0.3 is 5.97 Å². The fourth-order valence-corrected chi connectivity index (χ4v) is 5.04.